The summed E-state index contributed by atoms with van der Waals surface area (Å²) < 4.78 is 38.9. The molecular formula is C14H11F3N2O. The van der Waals surface area contributed by atoms with Gasteiger partial charge in [0.1, 0.15) is 5.82 Å². The lowest BCUT2D eigenvalue weighted by molar-refractivity contribution is 0.0948. The summed E-state index contributed by atoms with van der Waals surface area (Å²) in [6, 6.07) is 6.91. The fourth-order valence-electron chi connectivity index (χ4n) is 1.66. The summed E-state index contributed by atoms with van der Waals surface area (Å²) in [5.41, 5.74) is 0.435. The average molecular weight is 280 g/mol. The highest BCUT2D eigenvalue weighted by Gasteiger charge is 2.15. The van der Waals surface area contributed by atoms with E-state index in [2.05, 4.69) is 10.3 Å². The molecule has 1 N–H and O–H groups in total. The molecule has 0 unspecified atom stereocenters. The third kappa shape index (κ3) is 3.34. The van der Waals surface area contributed by atoms with E-state index in [0.29, 0.717) is 6.42 Å². The van der Waals surface area contributed by atoms with Crippen LogP contribution in [-0.4, -0.2) is 17.4 Å². The minimum Gasteiger partial charge on any atom is -0.352 e. The quantitative estimate of drug-likeness (QED) is 0.874. The number of rotatable bonds is 4. The fourth-order valence-corrected chi connectivity index (χ4v) is 1.66. The van der Waals surface area contributed by atoms with Crippen LogP contribution in [0.15, 0.2) is 36.5 Å². The van der Waals surface area contributed by atoms with Crippen LogP contribution in [0.25, 0.3) is 0 Å². The van der Waals surface area contributed by atoms with Crippen LogP contribution in [0, 0.1) is 17.6 Å². The first kappa shape index (κ1) is 14.0. The van der Waals surface area contributed by atoms with Crippen LogP contribution in [-0.2, 0) is 6.42 Å². The Hall–Kier alpha value is -2.37. The molecule has 0 aliphatic heterocycles. The first-order valence-corrected chi connectivity index (χ1v) is 5.90. The molecule has 1 heterocycles. The van der Waals surface area contributed by atoms with Crippen molar-refractivity contribution in [3.05, 3.63) is 65.2 Å². The molecule has 0 spiro atoms. The van der Waals surface area contributed by atoms with Crippen LogP contribution in [0.3, 0.4) is 0 Å². The van der Waals surface area contributed by atoms with Crippen LogP contribution in [0.2, 0.25) is 0 Å². The van der Waals surface area contributed by atoms with Crippen molar-refractivity contribution >= 4 is 5.91 Å². The van der Waals surface area contributed by atoms with Crippen molar-refractivity contribution < 1.29 is 18.0 Å². The van der Waals surface area contributed by atoms with Crippen molar-refractivity contribution in [2.24, 2.45) is 0 Å². The van der Waals surface area contributed by atoms with Crippen LogP contribution < -0.4 is 5.32 Å². The van der Waals surface area contributed by atoms with Gasteiger partial charge in [-0.05, 0) is 30.2 Å². The third-order valence-electron chi connectivity index (χ3n) is 2.70. The number of carbonyl (C=O) groups is 1. The molecule has 0 atom stereocenters. The van der Waals surface area contributed by atoms with E-state index < -0.39 is 23.2 Å². The van der Waals surface area contributed by atoms with Crippen molar-refractivity contribution in [1.82, 2.24) is 10.3 Å². The largest absolute Gasteiger partial charge is 0.352 e. The van der Waals surface area contributed by atoms with Crippen LogP contribution in [0.1, 0.15) is 15.9 Å². The molecule has 0 bridgehead atoms. The molecule has 3 nitrogen and oxygen atoms in total. The molecule has 0 aliphatic carbocycles. The summed E-state index contributed by atoms with van der Waals surface area (Å²) in [6.45, 7) is 0.230. The van der Waals surface area contributed by atoms with E-state index in [1.807, 2.05) is 0 Å². The predicted molar refractivity (Wildman–Crippen MR) is 66.6 cm³/mol. The highest BCUT2D eigenvalue weighted by Crippen LogP contribution is 2.08. The normalized spacial score (nSPS) is 10.3. The second kappa shape index (κ2) is 6.18. The van der Waals surface area contributed by atoms with Gasteiger partial charge in [-0.15, -0.1) is 0 Å². The Morgan fingerprint density at radius 2 is 1.80 bits per heavy atom. The molecule has 1 aromatic carbocycles. The summed E-state index contributed by atoms with van der Waals surface area (Å²) in [5, 5.41) is 2.46. The van der Waals surface area contributed by atoms with Gasteiger partial charge in [-0.25, -0.2) is 13.8 Å². The van der Waals surface area contributed by atoms with Gasteiger partial charge in [0, 0.05) is 12.7 Å². The van der Waals surface area contributed by atoms with Gasteiger partial charge in [0.25, 0.3) is 5.91 Å². The monoisotopic (exact) mass is 280 g/mol. The number of hydrogen-bond acceptors (Lipinski definition) is 2. The summed E-state index contributed by atoms with van der Waals surface area (Å²) >= 11 is 0. The van der Waals surface area contributed by atoms with Crippen molar-refractivity contribution in [2.75, 3.05) is 6.54 Å². The van der Waals surface area contributed by atoms with Crippen LogP contribution >= 0.6 is 0 Å². The Morgan fingerprint density at radius 1 is 1.10 bits per heavy atom. The fraction of sp³-hybridized carbons (Fsp3) is 0.143. The molecule has 2 aromatic rings. The molecule has 104 valence electrons. The topological polar surface area (TPSA) is 42.0 Å². The Labute approximate surface area is 113 Å². The molecule has 6 heteroatoms. The maximum absolute atomic E-state index is 13.3. The Kier molecular flexibility index (Phi) is 4.34. The number of hydrogen-bond donors (Lipinski definition) is 1. The first-order chi connectivity index (χ1) is 9.58. The number of nitrogens with one attached hydrogen (secondary N) is 1. The van der Waals surface area contributed by atoms with Crippen molar-refractivity contribution in [2.45, 2.75) is 6.42 Å². The third-order valence-corrected chi connectivity index (χ3v) is 2.70. The number of aromatic nitrogens is 1. The summed E-state index contributed by atoms with van der Waals surface area (Å²) in [4.78, 5) is 14.8. The summed E-state index contributed by atoms with van der Waals surface area (Å²) in [7, 11) is 0. The van der Waals surface area contributed by atoms with Gasteiger partial charge in [-0.3, -0.25) is 4.79 Å². The predicted octanol–water partition coefficient (Wildman–Crippen LogP) is 2.47. The maximum atomic E-state index is 13.3. The SMILES string of the molecule is O=C(NCCc1ccc(F)cc1)c1ccnc(F)c1F. The lowest BCUT2D eigenvalue weighted by atomic mass is 10.1. The van der Waals surface area contributed by atoms with E-state index in [0.717, 1.165) is 17.8 Å². The van der Waals surface area contributed by atoms with Crippen LogP contribution in [0.4, 0.5) is 13.2 Å². The van der Waals surface area contributed by atoms with Gasteiger partial charge in [-0.1, -0.05) is 12.1 Å². The van der Waals surface area contributed by atoms with Crippen molar-refractivity contribution in [1.29, 1.82) is 0 Å². The zero-order valence-corrected chi connectivity index (χ0v) is 10.4. The average Bonchev–Trinajstić information content (AvgIpc) is 2.44. The highest BCUT2D eigenvalue weighted by atomic mass is 19.2. The van der Waals surface area contributed by atoms with Crippen molar-refractivity contribution in [3.63, 3.8) is 0 Å². The summed E-state index contributed by atoms with van der Waals surface area (Å²) in [5.74, 6) is -3.64. The lowest BCUT2D eigenvalue weighted by Crippen LogP contribution is -2.27. The molecule has 0 radical (unpaired) electrons. The minimum atomic E-state index is -1.31. The van der Waals surface area contributed by atoms with E-state index in [1.54, 1.807) is 12.1 Å². The molecule has 0 fully saturated rings. The molecular weight excluding hydrogens is 269 g/mol. The minimum absolute atomic E-state index is 0.230. The molecule has 0 aliphatic rings. The second-order valence-electron chi connectivity index (χ2n) is 4.10. The van der Waals surface area contributed by atoms with Crippen LogP contribution in [0.5, 0.6) is 0 Å². The number of pyridine rings is 1. The Bertz CT molecular complexity index is 614. The van der Waals surface area contributed by atoms with E-state index >= 15 is 0 Å². The lowest BCUT2D eigenvalue weighted by Gasteiger charge is -2.06. The first-order valence-electron chi connectivity index (χ1n) is 5.90. The van der Waals surface area contributed by atoms with E-state index in [9.17, 15) is 18.0 Å². The zero-order chi connectivity index (χ0) is 14.5. The van der Waals surface area contributed by atoms with Crippen molar-refractivity contribution in [3.8, 4) is 0 Å². The number of benzene rings is 1. The number of halogens is 3. The van der Waals surface area contributed by atoms with E-state index in [4.69, 9.17) is 0 Å². The smallest absolute Gasteiger partial charge is 0.254 e. The molecule has 0 saturated carbocycles. The van der Waals surface area contributed by atoms with Gasteiger partial charge in [0.15, 0.2) is 5.82 Å². The van der Waals surface area contributed by atoms with Gasteiger partial charge < -0.3 is 5.32 Å². The van der Waals surface area contributed by atoms with Gasteiger partial charge in [0.05, 0.1) is 5.56 Å². The second-order valence-corrected chi connectivity index (χ2v) is 4.10. The molecule has 0 saturated heterocycles. The van der Waals surface area contributed by atoms with Gasteiger partial charge >= 0.3 is 0 Å². The number of amides is 1. The molecule has 2 rings (SSSR count). The maximum Gasteiger partial charge on any atom is 0.254 e. The number of carbonyl (C=O) groups excluding carboxylic acids is 1. The molecule has 1 amide bonds. The molecule has 1 aromatic heterocycles. The summed E-state index contributed by atoms with van der Waals surface area (Å²) in [6.07, 6.45) is 1.48. The standard InChI is InChI=1S/C14H11F3N2O/c15-10-3-1-9(2-4-10)5-7-19-14(20)11-6-8-18-13(17)12(11)16/h1-4,6,8H,5,7H2,(H,19,20). The van der Waals surface area contributed by atoms with E-state index in [1.165, 1.54) is 12.1 Å². The van der Waals surface area contributed by atoms with Gasteiger partial charge in [-0.2, -0.15) is 4.39 Å². The number of nitrogens with zero attached hydrogens (tertiary/aromatic N) is 1. The highest BCUT2D eigenvalue weighted by molar-refractivity contribution is 5.94. The Morgan fingerprint density at radius 3 is 2.50 bits per heavy atom. The zero-order valence-electron chi connectivity index (χ0n) is 10.4. The van der Waals surface area contributed by atoms with E-state index in [-0.39, 0.29) is 12.4 Å². The molecule has 20 heavy (non-hydrogen) atoms. The van der Waals surface area contributed by atoms with Gasteiger partial charge in [0.2, 0.25) is 5.95 Å². The Balaban J connectivity index is 1.92.